The van der Waals surface area contributed by atoms with Crippen molar-refractivity contribution in [2.24, 2.45) is 5.73 Å². The van der Waals surface area contributed by atoms with E-state index in [2.05, 4.69) is 18.7 Å². The molecule has 0 spiro atoms. The number of rotatable bonds is 4. The van der Waals surface area contributed by atoms with Gasteiger partial charge in [-0.3, -0.25) is 4.90 Å². The lowest BCUT2D eigenvalue weighted by atomic mass is 9.90. The first-order valence-electron chi connectivity index (χ1n) is 7.35. The van der Waals surface area contributed by atoms with Crippen LogP contribution < -0.4 is 5.73 Å². The van der Waals surface area contributed by atoms with Crippen LogP contribution in [0, 0.1) is 5.82 Å². The zero-order chi connectivity index (χ0) is 14.6. The van der Waals surface area contributed by atoms with Crippen LogP contribution in [0.25, 0.3) is 0 Å². The quantitative estimate of drug-likeness (QED) is 0.919. The van der Waals surface area contributed by atoms with Crippen LogP contribution in [0.2, 0.25) is 0 Å². The van der Waals surface area contributed by atoms with Crippen molar-refractivity contribution < 1.29 is 9.13 Å². The molecule has 2 atom stereocenters. The highest BCUT2D eigenvalue weighted by Gasteiger charge is 2.33. The maximum Gasteiger partial charge on any atom is 0.126 e. The van der Waals surface area contributed by atoms with Crippen LogP contribution in [0.1, 0.15) is 25.8 Å². The molecule has 1 heterocycles. The van der Waals surface area contributed by atoms with Gasteiger partial charge in [0.25, 0.3) is 0 Å². The minimum Gasteiger partial charge on any atom is -0.377 e. The third-order valence-electron chi connectivity index (χ3n) is 4.18. The molecule has 2 rings (SSSR count). The van der Waals surface area contributed by atoms with E-state index in [1.54, 1.807) is 6.07 Å². The standard InChI is InChI=1S/C16H25FN2O/c1-13-11-19(8-5-9-20-13)16(2,12-18)10-14-6-3-4-7-15(14)17/h3-4,6-7,13H,5,8-12,18H2,1-2H3. The van der Waals surface area contributed by atoms with E-state index in [-0.39, 0.29) is 17.5 Å². The van der Waals surface area contributed by atoms with Crippen LogP contribution in [-0.4, -0.2) is 42.8 Å². The predicted molar refractivity (Wildman–Crippen MR) is 79.2 cm³/mol. The predicted octanol–water partition coefficient (Wildman–Crippen LogP) is 2.20. The molecule has 0 aromatic heterocycles. The second-order valence-electron chi connectivity index (χ2n) is 5.95. The zero-order valence-corrected chi connectivity index (χ0v) is 12.4. The van der Waals surface area contributed by atoms with Crippen LogP contribution in [0.5, 0.6) is 0 Å². The molecule has 3 nitrogen and oxygen atoms in total. The molecule has 1 saturated heterocycles. The van der Waals surface area contributed by atoms with Crippen molar-refractivity contribution in [1.82, 2.24) is 4.90 Å². The fourth-order valence-corrected chi connectivity index (χ4v) is 2.85. The summed E-state index contributed by atoms with van der Waals surface area (Å²) in [6.45, 7) is 7.30. The van der Waals surface area contributed by atoms with Crippen LogP contribution in [0.4, 0.5) is 4.39 Å². The Morgan fingerprint density at radius 2 is 2.20 bits per heavy atom. The Morgan fingerprint density at radius 3 is 2.90 bits per heavy atom. The second kappa shape index (κ2) is 6.66. The number of nitrogens with zero attached hydrogens (tertiary/aromatic N) is 1. The average molecular weight is 280 g/mol. The smallest absolute Gasteiger partial charge is 0.126 e. The van der Waals surface area contributed by atoms with Crippen molar-refractivity contribution in [3.63, 3.8) is 0 Å². The molecule has 1 fully saturated rings. The topological polar surface area (TPSA) is 38.5 Å². The molecule has 1 aliphatic heterocycles. The fourth-order valence-electron chi connectivity index (χ4n) is 2.85. The molecule has 20 heavy (non-hydrogen) atoms. The summed E-state index contributed by atoms with van der Waals surface area (Å²) in [5.74, 6) is -0.147. The van der Waals surface area contributed by atoms with E-state index < -0.39 is 0 Å². The molecule has 1 aliphatic rings. The number of nitrogens with two attached hydrogens (primary N) is 1. The Hall–Kier alpha value is -0.970. The highest BCUT2D eigenvalue weighted by atomic mass is 19.1. The number of halogens is 1. The van der Waals surface area contributed by atoms with E-state index in [9.17, 15) is 4.39 Å². The van der Waals surface area contributed by atoms with Crippen molar-refractivity contribution in [2.75, 3.05) is 26.2 Å². The molecular weight excluding hydrogens is 255 g/mol. The molecule has 0 bridgehead atoms. The summed E-state index contributed by atoms with van der Waals surface area (Å²) in [6, 6.07) is 6.96. The van der Waals surface area contributed by atoms with E-state index >= 15 is 0 Å². The van der Waals surface area contributed by atoms with E-state index in [1.807, 2.05) is 12.1 Å². The van der Waals surface area contributed by atoms with Crippen LogP contribution in [0.15, 0.2) is 24.3 Å². The lowest BCUT2D eigenvalue weighted by molar-refractivity contribution is 0.0427. The summed E-state index contributed by atoms with van der Waals surface area (Å²) in [6.07, 6.45) is 1.82. The van der Waals surface area contributed by atoms with Crippen molar-refractivity contribution in [1.29, 1.82) is 0 Å². The van der Waals surface area contributed by atoms with E-state index in [0.29, 0.717) is 13.0 Å². The minimum atomic E-state index is -0.232. The number of hydrogen-bond donors (Lipinski definition) is 1. The summed E-state index contributed by atoms with van der Waals surface area (Å²) in [7, 11) is 0. The molecule has 0 aliphatic carbocycles. The highest BCUT2D eigenvalue weighted by Crippen LogP contribution is 2.24. The molecule has 0 saturated carbocycles. The largest absolute Gasteiger partial charge is 0.377 e. The average Bonchev–Trinajstić information content (AvgIpc) is 2.66. The Labute approximate surface area is 120 Å². The Morgan fingerprint density at radius 1 is 1.45 bits per heavy atom. The van der Waals surface area contributed by atoms with Crippen LogP contribution in [0.3, 0.4) is 0 Å². The number of hydrogen-bond acceptors (Lipinski definition) is 3. The molecule has 112 valence electrons. The van der Waals surface area contributed by atoms with E-state index in [1.165, 1.54) is 6.07 Å². The first-order valence-corrected chi connectivity index (χ1v) is 7.35. The van der Waals surface area contributed by atoms with Crippen LogP contribution in [-0.2, 0) is 11.2 Å². The molecule has 1 aromatic carbocycles. The van der Waals surface area contributed by atoms with Gasteiger partial charge in [-0.2, -0.15) is 0 Å². The van der Waals surface area contributed by atoms with Gasteiger partial charge in [0, 0.05) is 31.8 Å². The van der Waals surface area contributed by atoms with Crippen molar-refractivity contribution in [2.45, 2.75) is 38.3 Å². The van der Waals surface area contributed by atoms with Gasteiger partial charge in [-0.1, -0.05) is 18.2 Å². The Balaban J connectivity index is 2.17. The van der Waals surface area contributed by atoms with Crippen molar-refractivity contribution >= 4 is 0 Å². The molecule has 4 heteroatoms. The maximum atomic E-state index is 13.9. The lowest BCUT2D eigenvalue weighted by Crippen LogP contribution is -2.55. The summed E-state index contributed by atoms with van der Waals surface area (Å²) in [5.41, 5.74) is 6.53. The lowest BCUT2D eigenvalue weighted by Gasteiger charge is -2.41. The number of ether oxygens (including phenoxy) is 1. The second-order valence-corrected chi connectivity index (χ2v) is 5.95. The van der Waals surface area contributed by atoms with Gasteiger partial charge in [0.05, 0.1) is 6.10 Å². The maximum absolute atomic E-state index is 13.9. The Bertz CT molecular complexity index is 440. The Kier molecular flexibility index (Phi) is 5.13. The highest BCUT2D eigenvalue weighted by molar-refractivity contribution is 5.20. The minimum absolute atomic E-state index is 0.147. The SMILES string of the molecule is CC1CN(C(C)(CN)Cc2ccccc2F)CCCO1. The van der Waals surface area contributed by atoms with Gasteiger partial charge < -0.3 is 10.5 Å². The number of benzene rings is 1. The van der Waals surface area contributed by atoms with Crippen molar-refractivity contribution in [3.05, 3.63) is 35.6 Å². The first kappa shape index (κ1) is 15.4. The van der Waals surface area contributed by atoms with Crippen molar-refractivity contribution in [3.8, 4) is 0 Å². The summed E-state index contributed by atoms with van der Waals surface area (Å²) in [4.78, 5) is 2.36. The summed E-state index contributed by atoms with van der Waals surface area (Å²) in [5, 5.41) is 0. The molecule has 1 aromatic rings. The zero-order valence-electron chi connectivity index (χ0n) is 12.4. The third-order valence-corrected chi connectivity index (χ3v) is 4.18. The van der Waals surface area contributed by atoms with E-state index in [4.69, 9.17) is 10.5 Å². The monoisotopic (exact) mass is 280 g/mol. The first-order chi connectivity index (χ1) is 9.55. The van der Waals surface area contributed by atoms with Gasteiger partial charge in [-0.15, -0.1) is 0 Å². The van der Waals surface area contributed by atoms with Gasteiger partial charge in [0.2, 0.25) is 0 Å². The molecular formula is C16H25FN2O. The summed E-state index contributed by atoms with van der Waals surface area (Å²) < 4.78 is 19.6. The van der Waals surface area contributed by atoms with Gasteiger partial charge in [-0.05, 0) is 38.3 Å². The molecule has 2 N–H and O–H groups in total. The molecule has 0 radical (unpaired) electrons. The summed E-state index contributed by atoms with van der Waals surface area (Å²) >= 11 is 0. The fraction of sp³-hybridized carbons (Fsp3) is 0.625. The third kappa shape index (κ3) is 3.57. The normalized spacial score (nSPS) is 24.1. The van der Waals surface area contributed by atoms with Gasteiger partial charge in [-0.25, -0.2) is 4.39 Å². The van der Waals surface area contributed by atoms with Gasteiger partial charge in [0.15, 0.2) is 0 Å². The van der Waals surface area contributed by atoms with Gasteiger partial charge >= 0.3 is 0 Å². The molecule has 2 unspecified atom stereocenters. The molecule has 0 amide bonds. The van der Waals surface area contributed by atoms with Crippen LogP contribution >= 0.6 is 0 Å². The van der Waals surface area contributed by atoms with Gasteiger partial charge in [0.1, 0.15) is 5.82 Å². The van der Waals surface area contributed by atoms with E-state index in [0.717, 1.165) is 31.7 Å².